The van der Waals surface area contributed by atoms with Gasteiger partial charge in [-0.2, -0.15) is 0 Å². The van der Waals surface area contributed by atoms with Crippen molar-refractivity contribution in [2.75, 3.05) is 20.7 Å². The molecular weight excluding hydrogens is 284 g/mol. The van der Waals surface area contributed by atoms with Crippen molar-refractivity contribution in [3.8, 4) is 11.5 Å². The van der Waals surface area contributed by atoms with E-state index in [1.807, 2.05) is 11.9 Å². The number of nitrogens with zero attached hydrogens (tertiary/aromatic N) is 2. The molecule has 17 heavy (non-hydrogen) atoms. The minimum absolute atomic E-state index is 0.0813. The Morgan fingerprint density at radius 1 is 1.59 bits per heavy atom. The fraction of sp³-hybridized carbons (Fsp3) is 0.250. The summed E-state index contributed by atoms with van der Waals surface area (Å²) in [6.07, 6.45) is 3.48. The lowest BCUT2D eigenvalue weighted by atomic mass is 10.3. The van der Waals surface area contributed by atoms with Crippen LogP contribution in [0.3, 0.4) is 0 Å². The van der Waals surface area contributed by atoms with Crippen LogP contribution in [0.1, 0.15) is 0 Å². The van der Waals surface area contributed by atoms with E-state index in [4.69, 9.17) is 4.74 Å². The largest absolute Gasteiger partial charge is 0.504 e. The Hall–Kier alpha value is -1.49. The second kappa shape index (κ2) is 6.30. The molecule has 0 aliphatic heterocycles. The second-order valence-corrected chi connectivity index (χ2v) is 4.30. The lowest BCUT2D eigenvalue weighted by molar-refractivity contribution is 0.373. The third-order valence-electron chi connectivity index (χ3n) is 2.06. The summed E-state index contributed by atoms with van der Waals surface area (Å²) in [5, 5.41) is 9.55. The summed E-state index contributed by atoms with van der Waals surface area (Å²) in [5.41, 5.74) is 0.690. The van der Waals surface area contributed by atoms with Crippen molar-refractivity contribution in [3.05, 3.63) is 29.3 Å². The van der Waals surface area contributed by atoms with Crippen molar-refractivity contribution in [1.82, 2.24) is 4.90 Å². The van der Waals surface area contributed by atoms with Crippen molar-refractivity contribution in [2.24, 2.45) is 4.99 Å². The van der Waals surface area contributed by atoms with Crippen LogP contribution in [0.4, 0.5) is 5.69 Å². The summed E-state index contributed by atoms with van der Waals surface area (Å²) in [6.45, 7) is 4.37. The van der Waals surface area contributed by atoms with Gasteiger partial charge in [0.2, 0.25) is 0 Å². The molecule has 0 atom stereocenters. The van der Waals surface area contributed by atoms with Crippen LogP contribution in [-0.2, 0) is 0 Å². The molecule has 1 aromatic carbocycles. The Morgan fingerprint density at radius 2 is 2.29 bits per heavy atom. The third kappa shape index (κ3) is 3.78. The van der Waals surface area contributed by atoms with Crippen LogP contribution in [0.25, 0.3) is 0 Å². The van der Waals surface area contributed by atoms with Gasteiger partial charge in [0.15, 0.2) is 11.5 Å². The van der Waals surface area contributed by atoms with Crippen LogP contribution in [0.5, 0.6) is 11.5 Å². The molecule has 0 fully saturated rings. The normalized spacial score (nSPS) is 10.5. The number of phenolic OH excluding ortho intramolecular Hbond substituents is 1. The lowest BCUT2D eigenvalue weighted by Gasteiger charge is -2.10. The predicted molar refractivity (Wildman–Crippen MR) is 73.3 cm³/mol. The summed E-state index contributed by atoms with van der Waals surface area (Å²) in [7, 11) is 3.40. The minimum atomic E-state index is 0.0813. The number of benzene rings is 1. The highest BCUT2D eigenvalue weighted by Gasteiger charge is 2.06. The maximum atomic E-state index is 9.55. The summed E-state index contributed by atoms with van der Waals surface area (Å²) < 4.78 is 5.73. The first-order valence-corrected chi connectivity index (χ1v) is 5.79. The molecule has 4 nitrogen and oxygen atoms in total. The number of aliphatic imine (C=N–C) groups is 1. The molecule has 1 N–H and O–H groups in total. The third-order valence-corrected chi connectivity index (χ3v) is 2.69. The molecule has 0 spiro atoms. The SMILES string of the molecule is C=CCN(C)C=Nc1cc(OC)c(O)cc1Br. The highest BCUT2D eigenvalue weighted by atomic mass is 79.9. The molecule has 0 saturated heterocycles. The van der Waals surface area contributed by atoms with Crippen LogP contribution in [0.15, 0.2) is 34.3 Å². The highest BCUT2D eigenvalue weighted by Crippen LogP contribution is 2.36. The minimum Gasteiger partial charge on any atom is -0.504 e. The number of halogens is 1. The molecule has 0 radical (unpaired) electrons. The quantitative estimate of drug-likeness (QED) is 0.516. The number of hydrogen-bond donors (Lipinski definition) is 1. The van der Waals surface area contributed by atoms with Crippen LogP contribution in [0, 0.1) is 0 Å². The van der Waals surface area contributed by atoms with Gasteiger partial charge >= 0.3 is 0 Å². The van der Waals surface area contributed by atoms with Gasteiger partial charge in [-0.05, 0) is 15.9 Å². The van der Waals surface area contributed by atoms with Crippen molar-refractivity contribution in [2.45, 2.75) is 0 Å². The summed E-state index contributed by atoms with van der Waals surface area (Å²) in [4.78, 5) is 6.18. The molecule has 5 heteroatoms. The molecule has 0 amide bonds. The van der Waals surface area contributed by atoms with Gasteiger partial charge in [-0.15, -0.1) is 6.58 Å². The average Bonchev–Trinajstić information content (AvgIpc) is 2.28. The number of phenols is 1. The number of hydrogen-bond acceptors (Lipinski definition) is 3. The lowest BCUT2D eigenvalue weighted by Crippen LogP contribution is -2.15. The van der Waals surface area contributed by atoms with Gasteiger partial charge in [0.1, 0.15) is 0 Å². The van der Waals surface area contributed by atoms with Crippen LogP contribution in [0.2, 0.25) is 0 Å². The zero-order chi connectivity index (χ0) is 12.8. The molecule has 92 valence electrons. The molecule has 1 aromatic rings. The van der Waals surface area contributed by atoms with E-state index in [2.05, 4.69) is 27.5 Å². The Kier molecular flexibility index (Phi) is 5.03. The average molecular weight is 299 g/mol. The monoisotopic (exact) mass is 298 g/mol. The maximum absolute atomic E-state index is 9.55. The zero-order valence-electron chi connectivity index (χ0n) is 9.85. The van der Waals surface area contributed by atoms with Gasteiger partial charge in [-0.3, -0.25) is 0 Å². The fourth-order valence-corrected chi connectivity index (χ4v) is 1.64. The fourth-order valence-electron chi connectivity index (χ4n) is 1.21. The van der Waals surface area contributed by atoms with E-state index in [1.165, 1.54) is 7.11 Å². The smallest absolute Gasteiger partial charge is 0.162 e. The molecule has 0 saturated carbocycles. The van der Waals surface area contributed by atoms with Crippen LogP contribution < -0.4 is 4.74 Å². The van der Waals surface area contributed by atoms with Crippen molar-refractivity contribution in [1.29, 1.82) is 0 Å². The van der Waals surface area contributed by atoms with Crippen LogP contribution >= 0.6 is 15.9 Å². The van der Waals surface area contributed by atoms with Gasteiger partial charge in [0.25, 0.3) is 0 Å². The highest BCUT2D eigenvalue weighted by molar-refractivity contribution is 9.10. The Morgan fingerprint density at radius 3 is 2.88 bits per heavy atom. The Bertz CT molecular complexity index is 433. The van der Waals surface area contributed by atoms with Gasteiger partial charge in [0, 0.05) is 30.2 Å². The summed E-state index contributed by atoms with van der Waals surface area (Å²) in [6, 6.07) is 3.22. The van der Waals surface area contributed by atoms with Crippen molar-refractivity contribution >= 4 is 28.0 Å². The maximum Gasteiger partial charge on any atom is 0.162 e. The first kappa shape index (κ1) is 13.6. The Labute approximate surface area is 109 Å². The first-order chi connectivity index (χ1) is 8.08. The molecule has 0 bridgehead atoms. The topological polar surface area (TPSA) is 45.1 Å². The molecule has 1 rings (SSSR count). The second-order valence-electron chi connectivity index (χ2n) is 3.45. The molecule has 0 aromatic heterocycles. The van der Waals surface area contributed by atoms with Gasteiger partial charge < -0.3 is 14.7 Å². The van der Waals surface area contributed by atoms with Crippen LogP contribution in [-0.4, -0.2) is 37.0 Å². The number of rotatable bonds is 5. The van der Waals surface area contributed by atoms with Crippen molar-refractivity contribution in [3.63, 3.8) is 0 Å². The Balaban J connectivity index is 2.94. The van der Waals surface area contributed by atoms with E-state index in [0.29, 0.717) is 15.9 Å². The van der Waals surface area contributed by atoms with Gasteiger partial charge in [-0.25, -0.2) is 4.99 Å². The molecule has 0 aliphatic carbocycles. The van der Waals surface area contributed by atoms with Gasteiger partial charge in [-0.1, -0.05) is 6.08 Å². The standard InChI is InChI=1S/C12H15BrN2O2/c1-4-5-15(2)8-14-10-7-12(17-3)11(16)6-9(10)13/h4,6-8,16H,1,5H2,2-3H3. The number of methoxy groups -OCH3 is 1. The molecule has 0 unspecified atom stereocenters. The first-order valence-electron chi connectivity index (χ1n) is 5.00. The van der Waals surface area contributed by atoms with E-state index >= 15 is 0 Å². The van der Waals surface area contributed by atoms with E-state index < -0.39 is 0 Å². The van der Waals surface area contributed by atoms with E-state index in [0.717, 1.165) is 6.54 Å². The number of likely N-dealkylation sites (N-methyl/N-ethyl adjacent to an activating group) is 1. The zero-order valence-corrected chi connectivity index (χ0v) is 11.4. The number of aromatic hydroxyl groups is 1. The predicted octanol–water partition coefficient (Wildman–Crippen LogP) is 2.94. The van der Waals surface area contributed by atoms with E-state index in [9.17, 15) is 5.11 Å². The van der Waals surface area contributed by atoms with E-state index in [-0.39, 0.29) is 5.75 Å². The summed E-state index contributed by atoms with van der Waals surface area (Å²) in [5.74, 6) is 0.476. The van der Waals surface area contributed by atoms with Crippen molar-refractivity contribution < 1.29 is 9.84 Å². The molecule has 0 heterocycles. The number of ether oxygens (including phenoxy) is 1. The summed E-state index contributed by atoms with van der Waals surface area (Å²) >= 11 is 3.33. The van der Waals surface area contributed by atoms with E-state index in [1.54, 1.807) is 24.5 Å². The molecular formula is C12H15BrN2O2. The molecule has 0 aliphatic rings. The van der Waals surface area contributed by atoms with Gasteiger partial charge in [0.05, 0.1) is 19.1 Å².